The largest absolute Gasteiger partial charge is 0.383 e. The van der Waals surface area contributed by atoms with Gasteiger partial charge >= 0.3 is 0 Å². The summed E-state index contributed by atoms with van der Waals surface area (Å²) in [7, 11) is -4.16. The van der Waals surface area contributed by atoms with Crippen molar-refractivity contribution in [2.24, 2.45) is 5.10 Å². The molecule has 0 amide bonds. The summed E-state index contributed by atoms with van der Waals surface area (Å²) in [5.41, 5.74) is 8.80. The minimum absolute atomic E-state index is 0.162. The fraction of sp³-hybridized carbons (Fsp3) is 0. The molecular formula is C10H10N4O3S2. The van der Waals surface area contributed by atoms with Crippen LogP contribution in [-0.4, -0.2) is 24.2 Å². The zero-order valence-corrected chi connectivity index (χ0v) is 11.1. The molecule has 0 atom stereocenters. The molecule has 7 nitrogen and oxygen atoms in total. The highest BCUT2D eigenvalue weighted by Gasteiger charge is 2.07. The summed E-state index contributed by atoms with van der Waals surface area (Å²) >= 11 is 1.32. The van der Waals surface area contributed by atoms with Crippen LogP contribution in [-0.2, 0) is 10.1 Å². The van der Waals surface area contributed by atoms with Gasteiger partial charge in [-0.15, -0.1) is 11.3 Å². The normalized spacial score (nSPS) is 11.8. The Morgan fingerprint density at radius 1 is 1.37 bits per heavy atom. The topological polar surface area (TPSA) is 118 Å². The molecular weight excluding hydrogens is 288 g/mol. The Balaban J connectivity index is 2.03. The molecule has 2 rings (SSSR count). The average Bonchev–Trinajstić information content (AvgIpc) is 2.75. The second-order valence-corrected chi connectivity index (χ2v) is 5.77. The number of nitrogens with two attached hydrogens (primary N) is 1. The van der Waals surface area contributed by atoms with E-state index < -0.39 is 10.1 Å². The molecule has 0 aliphatic rings. The Bertz CT molecular complexity index is 692. The van der Waals surface area contributed by atoms with E-state index >= 15 is 0 Å². The molecule has 0 saturated heterocycles. The van der Waals surface area contributed by atoms with E-state index in [0.717, 1.165) is 0 Å². The monoisotopic (exact) mass is 298 g/mol. The van der Waals surface area contributed by atoms with Gasteiger partial charge in [-0.25, -0.2) is 4.98 Å². The van der Waals surface area contributed by atoms with Crippen molar-refractivity contribution in [2.75, 3.05) is 11.2 Å². The molecule has 0 aliphatic heterocycles. The maximum atomic E-state index is 10.8. The lowest BCUT2D eigenvalue weighted by atomic mass is 10.2. The highest BCUT2D eigenvalue weighted by Crippen LogP contribution is 2.16. The Kier molecular flexibility index (Phi) is 3.79. The molecule has 1 aromatic heterocycles. The summed E-state index contributed by atoms with van der Waals surface area (Å²) < 4.78 is 30.5. The maximum Gasteiger partial charge on any atom is 0.294 e. The third-order valence-electron chi connectivity index (χ3n) is 2.07. The van der Waals surface area contributed by atoms with Gasteiger partial charge in [-0.2, -0.15) is 13.5 Å². The van der Waals surface area contributed by atoms with Crippen LogP contribution >= 0.6 is 11.3 Å². The predicted octanol–water partition coefficient (Wildman–Crippen LogP) is 1.42. The molecule has 0 radical (unpaired) electrons. The lowest BCUT2D eigenvalue weighted by Gasteiger charge is -1.97. The fourth-order valence-electron chi connectivity index (χ4n) is 1.23. The van der Waals surface area contributed by atoms with E-state index in [2.05, 4.69) is 15.5 Å². The number of hydrogen-bond acceptors (Lipinski definition) is 7. The van der Waals surface area contributed by atoms with Crippen molar-refractivity contribution in [2.45, 2.75) is 4.90 Å². The van der Waals surface area contributed by atoms with Crippen LogP contribution in [0.4, 0.5) is 10.9 Å². The highest BCUT2D eigenvalue weighted by molar-refractivity contribution is 7.85. The molecule has 19 heavy (non-hydrogen) atoms. The Morgan fingerprint density at radius 2 is 2.05 bits per heavy atom. The Labute approximate surface area is 113 Å². The molecule has 100 valence electrons. The number of nitrogens with zero attached hydrogens (tertiary/aromatic N) is 2. The third kappa shape index (κ3) is 3.74. The van der Waals surface area contributed by atoms with E-state index in [0.29, 0.717) is 16.5 Å². The van der Waals surface area contributed by atoms with Crippen LogP contribution in [0.15, 0.2) is 39.6 Å². The summed E-state index contributed by atoms with van der Waals surface area (Å²) in [5, 5.41) is 6.16. The van der Waals surface area contributed by atoms with Crippen LogP contribution < -0.4 is 11.2 Å². The maximum absolute atomic E-state index is 10.8. The van der Waals surface area contributed by atoms with Gasteiger partial charge < -0.3 is 5.73 Å². The zero-order chi connectivity index (χ0) is 13.9. The molecule has 1 aromatic carbocycles. The van der Waals surface area contributed by atoms with Crippen molar-refractivity contribution >= 4 is 38.6 Å². The minimum Gasteiger partial charge on any atom is -0.383 e. The van der Waals surface area contributed by atoms with Crippen molar-refractivity contribution < 1.29 is 13.0 Å². The van der Waals surface area contributed by atoms with Crippen LogP contribution in [0, 0.1) is 0 Å². The fourth-order valence-corrected chi connectivity index (χ4v) is 2.25. The molecule has 0 bridgehead atoms. The first kappa shape index (κ1) is 13.5. The van der Waals surface area contributed by atoms with E-state index in [1.807, 2.05) is 0 Å². The van der Waals surface area contributed by atoms with Crippen molar-refractivity contribution in [1.82, 2.24) is 4.98 Å². The molecule has 1 heterocycles. The van der Waals surface area contributed by atoms with E-state index in [-0.39, 0.29) is 4.90 Å². The number of benzene rings is 1. The van der Waals surface area contributed by atoms with Gasteiger partial charge in [0.2, 0.25) is 5.13 Å². The molecule has 0 unspecified atom stereocenters. The molecule has 4 N–H and O–H groups in total. The third-order valence-corrected chi connectivity index (χ3v) is 3.71. The van der Waals surface area contributed by atoms with Crippen LogP contribution in [0.2, 0.25) is 0 Å². The van der Waals surface area contributed by atoms with Crippen molar-refractivity contribution in [3.8, 4) is 0 Å². The summed E-state index contributed by atoms with van der Waals surface area (Å²) in [5.74, 6) is 0.417. The van der Waals surface area contributed by atoms with Crippen LogP contribution in [0.1, 0.15) is 5.56 Å². The van der Waals surface area contributed by atoms with Gasteiger partial charge in [0.05, 0.1) is 11.1 Å². The van der Waals surface area contributed by atoms with Crippen LogP contribution in [0.25, 0.3) is 0 Å². The number of hydrazone groups is 1. The van der Waals surface area contributed by atoms with Crippen molar-refractivity contribution in [3.63, 3.8) is 0 Å². The first-order chi connectivity index (χ1) is 8.95. The Hall–Kier alpha value is -1.97. The second-order valence-electron chi connectivity index (χ2n) is 3.49. The molecule has 0 fully saturated rings. The zero-order valence-electron chi connectivity index (χ0n) is 9.52. The number of aromatic nitrogens is 1. The SMILES string of the molecule is Nc1csc(NN=Cc2ccc(S(=O)(=O)O)cc2)n1. The average molecular weight is 298 g/mol. The van der Waals surface area contributed by atoms with Crippen LogP contribution in [0.5, 0.6) is 0 Å². The predicted molar refractivity (Wildman–Crippen MR) is 74.0 cm³/mol. The number of nitrogen functional groups attached to an aromatic ring is 1. The molecule has 0 spiro atoms. The Morgan fingerprint density at radius 3 is 2.58 bits per heavy atom. The summed E-state index contributed by atoms with van der Waals surface area (Å²) in [6.07, 6.45) is 1.49. The van der Waals surface area contributed by atoms with Crippen molar-refractivity contribution in [3.05, 3.63) is 35.2 Å². The van der Waals surface area contributed by atoms with Gasteiger partial charge in [-0.3, -0.25) is 9.98 Å². The molecule has 2 aromatic rings. The molecule has 0 saturated carbocycles. The van der Waals surface area contributed by atoms with E-state index in [4.69, 9.17) is 10.3 Å². The van der Waals surface area contributed by atoms with E-state index in [9.17, 15) is 8.42 Å². The number of hydrogen-bond donors (Lipinski definition) is 3. The quantitative estimate of drug-likeness (QED) is 0.446. The van der Waals surface area contributed by atoms with E-state index in [1.54, 1.807) is 5.38 Å². The lowest BCUT2D eigenvalue weighted by molar-refractivity contribution is 0.483. The van der Waals surface area contributed by atoms with Gasteiger partial charge in [0, 0.05) is 5.38 Å². The summed E-state index contributed by atoms with van der Waals surface area (Å²) in [6.45, 7) is 0. The summed E-state index contributed by atoms with van der Waals surface area (Å²) in [4.78, 5) is 3.79. The van der Waals surface area contributed by atoms with Gasteiger partial charge in [0.25, 0.3) is 10.1 Å². The minimum atomic E-state index is -4.16. The first-order valence-corrected chi connectivity index (χ1v) is 7.35. The molecule has 0 aliphatic carbocycles. The van der Waals surface area contributed by atoms with Gasteiger partial charge in [-0.05, 0) is 17.7 Å². The highest BCUT2D eigenvalue weighted by atomic mass is 32.2. The number of nitrogens with one attached hydrogen (secondary N) is 1. The second kappa shape index (κ2) is 5.34. The number of anilines is 2. The van der Waals surface area contributed by atoms with E-state index in [1.165, 1.54) is 41.8 Å². The smallest absolute Gasteiger partial charge is 0.294 e. The van der Waals surface area contributed by atoms with Gasteiger partial charge in [-0.1, -0.05) is 12.1 Å². The first-order valence-electron chi connectivity index (χ1n) is 5.03. The number of rotatable bonds is 4. The summed E-state index contributed by atoms with van der Waals surface area (Å²) in [6, 6.07) is 5.62. The van der Waals surface area contributed by atoms with Gasteiger partial charge in [0.15, 0.2) is 0 Å². The standard InChI is InChI=1S/C10H10N4O3S2/c11-9-6-18-10(13-9)14-12-5-7-1-3-8(4-2-7)19(15,16)17/h1-6H,11H2,(H,13,14)(H,15,16,17). The molecule has 9 heteroatoms. The van der Waals surface area contributed by atoms with Gasteiger partial charge in [0.1, 0.15) is 5.82 Å². The van der Waals surface area contributed by atoms with Crippen LogP contribution in [0.3, 0.4) is 0 Å². The lowest BCUT2D eigenvalue weighted by Crippen LogP contribution is -1.98. The van der Waals surface area contributed by atoms with Crippen molar-refractivity contribution in [1.29, 1.82) is 0 Å². The number of thiazole rings is 1.